The molecule has 1 atom stereocenters. The SMILES string of the molecule is COc1ccc(Cl)c2sc(N(CC3CCCO3)C(=O)c3cccc(Cl)c3)nc12. The average molecular weight is 437 g/mol. The zero-order valence-electron chi connectivity index (χ0n) is 15.2. The smallest absolute Gasteiger partial charge is 0.260 e. The van der Waals surface area contributed by atoms with E-state index in [2.05, 4.69) is 4.98 Å². The van der Waals surface area contributed by atoms with Crippen LogP contribution in [-0.2, 0) is 4.74 Å². The maximum absolute atomic E-state index is 13.3. The Morgan fingerprint density at radius 1 is 1.36 bits per heavy atom. The van der Waals surface area contributed by atoms with Gasteiger partial charge in [-0.2, -0.15) is 0 Å². The van der Waals surface area contributed by atoms with Crippen molar-refractivity contribution in [2.75, 3.05) is 25.2 Å². The van der Waals surface area contributed by atoms with Crippen LogP contribution >= 0.6 is 34.5 Å². The van der Waals surface area contributed by atoms with Gasteiger partial charge >= 0.3 is 0 Å². The molecule has 0 N–H and O–H groups in total. The summed E-state index contributed by atoms with van der Waals surface area (Å²) >= 11 is 13.8. The van der Waals surface area contributed by atoms with E-state index >= 15 is 0 Å². The molecule has 0 bridgehead atoms. The number of aromatic nitrogens is 1. The number of anilines is 1. The van der Waals surface area contributed by atoms with Crippen LogP contribution in [0, 0.1) is 0 Å². The number of ether oxygens (including phenoxy) is 2. The second-order valence-corrected chi connectivity index (χ2v) is 8.31. The minimum atomic E-state index is -0.174. The summed E-state index contributed by atoms with van der Waals surface area (Å²) in [6.45, 7) is 1.13. The van der Waals surface area contributed by atoms with Crippen molar-refractivity contribution < 1.29 is 14.3 Å². The number of methoxy groups -OCH3 is 1. The normalized spacial score (nSPS) is 16.5. The molecule has 0 spiro atoms. The van der Waals surface area contributed by atoms with Gasteiger partial charge in [-0.15, -0.1) is 0 Å². The molecule has 2 aromatic carbocycles. The summed E-state index contributed by atoms with van der Waals surface area (Å²) in [7, 11) is 1.59. The molecule has 1 amide bonds. The third-order valence-corrected chi connectivity index (χ3v) is 6.40. The highest BCUT2D eigenvalue weighted by Gasteiger charge is 2.28. The molecule has 0 radical (unpaired) electrons. The lowest BCUT2D eigenvalue weighted by Gasteiger charge is -2.23. The second-order valence-electron chi connectivity index (χ2n) is 6.48. The van der Waals surface area contributed by atoms with Gasteiger partial charge in [-0.25, -0.2) is 4.98 Å². The van der Waals surface area contributed by atoms with Gasteiger partial charge in [0.15, 0.2) is 5.13 Å². The van der Waals surface area contributed by atoms with Gasteiger partial charge in [-0.1, -0.05) is 40.6 Å². The number of fused-ring (bicyclic) bond motifs is 1. The molecule has 1 unspecified atom stereocenters. The number of nitrogens with zero attached hydrogens (tertiary/aromatic N) is 2. The van der Waals surface area contributed by atoms with Gasteiger partial charge < -0.3 is 9.47 Å². The summed E-state index contributed by atoms with van der Waals surface area (Å²) in [6.07, 6.45) is 1.88. The van der Waals surface area contributed by atoms with Crippen molar-refractivity contribution in [2.24, 2.45) is 0 Å². The molecule has 1 saturated heterocycles. The largest absolute Gasteiger partial charge is 0.494 e. The second kappa shape index (κ2) is 8.25. The van der Waals surface area contributed by atoms with Crippen LogP contribution in [0.4, 0.5) is 5.13 Å². The molecular weight excluding hydrogens is 419 g/mol. The van der Waals surface area contributed by atoms with Gasteiger partial charge in [-0.05, 0) is 43.2 Å². The molecule has 1 aromatic heterocycles. The Morgan fingerprint density at radius 3 is 2.93 bits per heavy atom. The van der Waals surface area contributed by atoms with Crippen molar-refractivity contribution in [3.05, 3.63) is 52.0 Å². The quantitative estimate of drug-likeness (QED) is 0.534. The molecule has 4 rings (SSSR count). The fraction of sp³-hybridized carbons (Fsp3) is 0.300. The Hall–Kier alpha value is -1.86. The third-order valence-electron chi connectivity index (χ3n) is 4.62. The molecule has 146 valence electrons. The summed E-state index contributed by atoms with van der Waals surface area (Å²) in [4.78, 5) is 19.7. The van der Waals surface area contributed by atoms with Crippen molar-refractivity contribution in [1.82, 2.24) is 4.98 Å². The van der Waals surface area contributed by atoms with Crippen LogP contribution in [0.15, 0.2) is 36.4 Å². The molecule has 1 fully saturated rings. The van der Waals surface area contributed by atoms with Crippen molar-refractivity contribution in [3.63, 3.8) is 0 Å². The van der Waals surface area contributed by atoms with Gasteiger partial charge in [0.2, 0.25) is 0 Å². The van der Waals surface area contributed by atoms with Crippen LogP contribution in [0.5, 0.6) is 5.75 Å². The Bertz CT molecular complexity index is 1020. The van der Waals surface area contributed by atoms with E-state index in [0.717, 1.165) is 17.5 Å². The van der Waals surface area contributed by atoms with E-state index in [-0.39, 0.29) is 12.0 Å². The molecule has 0 aliphatic carbocycles. The first-order chi connectivity index (χ1) is 13.6. The molecule has 8 heteroatoms. The highest BCUT2D eigenvalue weighted by atomic mass is 35.5. The van der Waals surface area contributed by atoms with Crippen LogP contribution < -0.4 is 9.64 Å². The summed E-state index contributed by atoms with van der Waals surface area (Å²) in [6, 6.07) is 10.5. The highest BCUT2D eigenvalue weighted by molar-refractivity contribution is 7.23. The number of carbonyl (C=O) groups excluding carboxylic acids is 1. The lowest BCUT2D eigenvalue weighted by atomic mass is 10.2. The lowest BCUT2D eigenvalue weighted by Crippen LogP contribution is -2.37. The zero-order valence-corrected chi connectivity index (χ0v) is 17.5. The fourth-order valence-corrected chi connectivity index (χ4v) is 4.69. The molecule has 2 heterocycles. The summed E-state index contributed by atoms with van der Waals surface area (Å²) in [5, 5.41) is 1.64. The summed E-state index contributed by atoms with van der Waals surface area (Å²) in [5.74, 6) is 0.446. The Balaban J connectivity index is 1.77. The summed E-state index contributed by atoms with van der Waals surface area (Å²) < 4.78 is 12.0. The maximum Gasteiger partial charge on any atom is 0.260 e. The van der Waals surface area contributed by atoms with E-state index in [9.17, 15) is 4.79 Å². The number of hydrogen-bond acceptors (Lipinski definition) is 5. The van der Waals surface area contributed by atoms with Gasteiger partial charge in [0, 0.05) is 17.2 Å². The van der Waals surface area contributed by atoms with Gasteiger partial charge in [0.05, 0.1) is 29.5 Å². The van der Waals surface area contributed by atoms with E-state index < -0.39 is 0 Å². The standard InChI is InChI=1S/C20H18Cl2N2O3S/c1-26-16-8-7-15(22)18-17(16)23-20(28-18)24(11-14-6-3-9-27-14)19(25)12-4-2-5-13(21)10-12/h2,4-5,7-8,10,14H,3,6,9,11H2,1H3. The maximum atomic E-state index is 13.3. The fourth-order valence-electron chi connectivity index (χ4n) is 3.24. The zero-order chi connectivity index (χ0) is 19.7. The molecule has 1 aliphatic rings. The van der Waals surface area contributed by atoms with E-state index in [1.54, 1.807) is 48.4 Å². The van der Waals surface area contributed by atoms with Gasteiger partial charge in [-0.3, -0.25) is 9.69 Å². The van der Waals surface area contributed by atoms with Crippen LogP contribution in [-0.4, -0.2) is 37.3 Å². The molecule has 5 nitrogen and oxygen atoms in total. The average Bonchev–Trinajstić information content (AvgIpc) is 3.36. The van der Waals surface area contributed by atoms with Crippen LogP contribution in [0.2, 0.25) is 10.0 Å². The van der Waals surface area contributed by atoms with Crippen molar-refractivity contribution in [1.29, 1.82) is 0 Å². The predicted octanol–water partition coefficient (Wildman–Crippen LogP) is 5.44. The lowest BCUT2D eigenvalue weighted by molar-refractivity contribution is 0.0917. The summed E-state index contributed by atoms with van der Waals surface area (Å²) in [5.41, 5.74) is 1.15. The Kier molecular flexibility index (Phi) is 5.73. The van der Waals surface area contributed by atoms with Crippen LogP contribution in [0.3, 0.4) is 0 Å². The number of halogens is 2. The van der Waals surface area contributed by atoms with Crippen molar-refractivity contribution >= 4 is 55.8 Å². The number of carbonyl (C=O) groups is 1. The Labute approximate surface area is 176 Å². The van der Waals surface area contributed by atoms with E-state index in [1.165, 1.54) is 11.3 Å². The minimum absolute atomic E-state index is 0.0208. The number of thiazole rings is 1. The van der Waals surface area contributed by atoms with Crippen LogP contribution in [0.1, 0.15) is 23.2 Å². The molecule has 28 heavy (non-hydrogen) atoms. The molecule has 0 saturated carbocycles. The first kappa shape index (κ1) is 19.5. The first-order valence-electron chi connectivity index (χ1n) is 8.89. The number of benzene rings is 2. The predicted molar refractivity (Wildman–Crippen MR) is 113 cm³/mol. The van der Waals surface area contributed by atoms with E-state index in [4.69, 9.17) is 32.7 Å². The Morgan fingerprint density at radius 2 is 2.21 bits per heavy atom. The van der Waals surface area contributed by atoms with Gasteiger partial charge in [0.1, 0.15) is 11.3 Å². The molecular formula is C20H18Cl2N2O3S. The number of amides is 1. The van der Waals surface area contributed by atoms with Crippen molar-refractivity contribution in [3.8, 4) is 5.75 Å². The van der Waals surface area contributed by atoms with Crippen LogP contribution in [0.25, 0.3) is 10.2 Å². The van der Waals surface area contributed by atoms with E-state index in [1.807, 2.05) is 0 Å². The van der Waals surface area contributed by atoms with E-state index in [0.29, 0.717) is 45.2 Å². The monoisotopic (exact) mass is 436 g/mol. The van der Waals surface area contributed by atoms with Gasteiger partial charge in [0.25, 0.3) is 5.91 Å². The van der Waals surface area contributed by atoms with Crippen molar-refractivity contribution in [2.45, 2.75) is 18.9 Å². The highest BCUT2D eigenvalue weighted by Crippen LogP contribution is 2.39. The topological polar surface area (TPSA) is 51.7 Å². The third kappa shape index (κ3) is 3.82. The number of rotatable bonds is 5. The molecule has 3 aromatic rings. The number of hydrogen-bond donors (Lipinski definition) is 0. The minimum Gasteiger partial charge on any atom is -0.494 e. The first-order valence-corrected chi connectivity index (χ1v) is 10.5. The molecule has 1 aliphatic heterocycles.